The summed E-state index contributed by atoms with van der Waals surface area (Å²) in [4.78, 5) is 25.4. The molecule has 0 aromatic heterocycles. The van der Waals surface area contributed by atoms with Gasteiger partial charge in [0.15, 0.2) is 0 Å². The zero-order chi connectivity index (χ0) is 20.7. The van der Waals surface area contributed by atoms with E-state index in [1.54, 1.807) is 12.1 Å². The summed E-state index contributed by atoms with van der Waals surface area (Å²) in [7, 11) is 1.46. The van der Waals surface area contributed by atoms with Gasteiger partial charge in [0.1, 0.15) is 5.75 Å². The van der Waals surface area contributed by atoms with Gasteiger partial charge in [-0.2, -0.15) is 0 Å². The van der Waals surface area contributed by atoms with Crippen LogP contribution < -0.4 is 15.4 Å². The van der Waals surface area contributed by atoms with E-state index in [1.807, 2.05) is 19.1 Å². The average molecular weight is 395 g/mol. The van der Waals surface area contributed by atoms with Crippen LogP contribution in [0.25, 0.3) is 0 Å². The van der Waals surface area contributed by atoms with E-state index in [4.69, 9.17) is 0 Å². The quantitative estimate of drug-likeness (QED) is 0.754. The number of rotatable bonds is 7. The maximum atomic E-state index is 12.2. The summed E-state index contributed by atoms with van der Waals surface area (Å²) in [6.45, 7) is 1.57. The predicted molar refractivity (Wildman–Crippen MR) is 99.1 cm³/mol. The molecule has 150 valence electrons. The number of halogens is 3. The van der Waals surface area contributed by atoms with Crippen LogP contribution in [0.2, 0.25) is 0 Å². The van der Waals surface area contributed by atoms with Crippen LogP contribution in [0.4, 0.5) is 24.5 Å². The maximum Gasteiger partial charge on any atom is 0.573 e. The number of benzene rings is 2. The van der Waals surface area contributed by atoms with Gasteiger partial charge in [0.25, 0.3) is 0 Å². The summed E-state index contributed by atoms with van der Waals surface area (Å²) in [5.41, 5.74) is 1.96. The molecule has 9 heteroatoms. The molecule has 0 spiro atoms. The van der Waals surface area contributed by atoms with Gasteiger partial charge in [-0.25, -0.2) is 0 Å². The zero-order valence-corrected chi connectivity index (χ0v) is 15.3. The highest BCUT2D eigenvalue weighted by Gasteiger charge is 2.31. The summed E-state index contributed by atoms with van der Waals surface area (Å²) in [5.74, 6) is -1.16. The van der Waals surface area contributed by atoms with Crippen LogP contribution in [0.1, 0.15) is 5.56 Å². The molecule has 2 amide bonds. The number of carbonyl (C=O) groups excluding carboxylic acids is 2. The van der Waals surface area contributed by atoms with Gasteiger partial charge in [-0.1, -0.05) is 23.8 Å². The monoisotopic (exact) mass is 395 g/mol. The van der Waals surface area contributed by atoms with Crippen LogP contribution >= 0.6 is 0 Å². The first kappa shape index (κ1) is 21.1. The number of anilines is 2. The fourth-order valence-corrected chi connectivity index (χ4v) is 2.26. The lowest BCUT2D eigenvalue weighted by atomic mass is 10.2. The molecule has 0 radical (unpaired) electrons. The molecule has 2 aromatic rings. The van der Waals surface area contributed by atoms with Gasteiger partial charge in [0.05, 0.1) is 13.1 Å². The van der Waals surface area contributed by atoms with Crippen LogP contribution in [0.15, 0.2) is 48.5 Å². The van der Waals surface area contributed by atoms with E-state index in [0.717, 1.165) is 17.7 Å². The minimum atomic E-state index is -4.79. The van der Waals surface area contributed by atoms with E-state index in [2.05, 4.69) is 15.4 Å². The molecule has 0 bridgehead atoms. The first-order valence-corrected chi connectivity index (χ1v) is 8.32. The maximum absolute atomic E-state index is 12.2. The minimum absolute atomic E-state index is 0.161. The lowest BCUT2D eigenvalue weighted by molar-refractivity contribution is -0.274. The summed E-state index contributed by atoms with van der Waals surface area (Å²) >= 11 is 0. The molecule has 0 unspecified atom stereocenters. The Bertz CT molecular complexity index is 823. The second-order valence-corrected chi connectivity index (χ2v) is 6.09. The van der Waals surface area contributed by atoms with E-state index in [1.165, 1.54) is 24.1 Å². The molecule has 0 atom stereocenters. The summed E-state index contributed by atoms with van der Waals surface area (Å²) in [6, 6.07) is 12.4. The van der Waals surface area contributed by atoms with Crippen molar-refractivity contribution in [2.45, 2.75) is 13.3 Å². The first-order valence-electron chi connectivity index (χ1n) is 8.32. The van der Waals surface area contributed by atoms with Gasteiger partial charge < -0.3 is 20.3 Å². The van der Waals surface area contributed by atoms with E-state index in [9.17, 15) is 22.8 Å². The van der Waals surface area contributed by atoms with E-state index in [0.29, 0.717) is 5.69 Å². The van der Waals surface area contributed by atoms with Gasteiger partial charge in [-0.05, 0) is 31.2 Å². The second-order valence-electron chi connectivity index (χ2n) is 6.09. The molecule has 6 nitrogen and oxygen atoms in total. The SMILES string of the molecule is Cc1ccc(NC(=O)CN(C)C(=O)CNc2cccc(OC(F)(F)F)c2)cc1. The normalized spacial score (nSPS) is 10.9. The number of aryl methyl sites for hydroxylation is 1. The van der Waals surface area contributed by atoms with Gasteiger partial charge in [0, 0.05) is 24.5 Å². The molecule has 2 rings (SSSR count). The Morgan fingerprint density at radius 3 is 2.39 bits per heavy atom. The Labute approximate surface area is 160 Å². The Kier molecular flexibility index (Phi) is 6.86. The Balaban J connectivity index is 1.83. The molecule has 0 fully saturated rings. The van der Waals surface area contributed by atoms with Crippen molar-refractivity contribution in [2.75, 3.05) is 30.8 Å². The summed E-state index contributed by atoms with van der Waals surface area (Å²) in [5, 5.41) is 5.39. The summed E-state index contributed by atoms with van der Waals surface area (Å²) in [6.07, 6.45) is -4.79. The molecule has 0 aliphatic carbocycles. The summed E-state index contributed by atoms with van der Waals surface area (Å²) < 4.78 is 40.6. The molecular weight excluding hydrogens is 375 g/mol. The van der Waals surface area contributed by atoms with Crippen molar-refractivity contribution in [1.29, 1.82) is 0 Å². The van der Waals surface area contributed by atoms with Crippen molar-refractivity contribution >= 4 is 23.2 Å². The van der Waals surface area contributed by atoms with Crippen molar-refractivity contribution < 1.29 is 27.5 Å². The molecule has 2 N–H and O–H groups in total. The number of alkyl halides is 3. The minimum Gasteiger partial charge on any atom is -0.406 e. The van der Waals surface area contributed by atoms with Gasteiger partial charge in [0.2, 0.25) is 11.8 Å². The lowest BCUT2D eigenvalue weighted by Gasteiger charge is -2.18. The van der Waals surface area contributed by atoms with E-state index in [-0.39, 0.29) is 24.7 Å². The van der Waals surface area contributed by atoms with Gasteiger partial charge >= 0.3 is 6.36 Å². The third kappa shape index (κ3) is 7.18. The van der Waals surface area contributed by atoms with Crippen molar-refractivity contribution in [2.24, 2.45) is 0 Å². The Morgan fingerprint density at radius 2 is 1.75 bits per heavy atom. The van der Waals surface area contributed by atoms with Gasteiger partial charge in [-0.3, -0.25) is 9.59 Å². The highest BCUT2D eigenvalue weighted by Crippen LogP contribution is 2.24. The molecule has 0 saturated carbocycles. The smallest absolute Gasteiger partial charge is 0.406 e. The van der Waals surface area contributed by atoms with Crippen molar-refractivity contribution in [3.05, 3.63) is 54.1 Å². The molecule has 28 heavy (non-hydrogen) atoms. The third-order valence-electron chi connectivity index (χ3n) is 3.65. The predicted octanol–water partition coefficient (Wildman–Crippen LogP) is 3.40. The standard InChI is InChI=1S/C19H20F3N3O3/c1-13-6-8-14(9-7-13)24-17(26)12-25(2)18(27)11-23-15-4-3-5-16(10-15)28-19(20,21)22/h3-10,23H,11-12H2,1-2H3,(H,24,26). The van der Waals surface area contributed by atoms with Crippen molar-refractivity contribution in [1.82, 2.24) is 4.90 Å². The van der Waals surface area contributed by atoms with Crippen LogP contribution in [0.3, 0.4) is 0 Å². The Morgan fingerprint density at radius 1 is 1.07 bits per heavy atom. The lowest BCUT2D eigenvalue weighted by Crippen LogP contribution is -2.38. The highest BCUT2D eigenvalue weighted by molar-refractivity contribution is 5.95. The van der Waals surface area contributed by atoms with Crippen LogP contribution in [-0.2, 0) is 9.59 Å². The highest BCUT2D eigenvalue weighted by atomic mass is 19.4. The molecule has 0 aliphatic heterocycles. The fourth-order valence-electron chi connectivity index (χ4n) is 2.26. The number of carbonyl (C=O) groups is 2. The fraction of sp³-hybridized carbons (Fsp3) is 0.263. The zero-order valence-electron chi connectivity index (χ0n) is 15.3. The third-order valence-corrected chi connectivity index (χ3v) is 3.65. The molecule has 2 aromatic carbocycles. The van der Waals surface area contributed by atoms with Gasteiger partial charge in [-0.15, -0.1) is 13.2 Å². The second kappa shape index (κ2) is 9.12. The number of nitrogens with one attached hydrogen (secondary N) is 2. The first-order chi connectivity index (χ1) is 13.1. The molecule has 0 saturated heterocycles. The topological polar surface area (TPSA) is 70.7 Å². The van der Waals surface area contributed by atoms with E-state index >= 15 is 0 Å². The number of nitrogens with zero attached hydrogens (tertiary/aromatic N) is 1. The Hall–Kier alpha value is -3.23. The van der Waals surface area contributed by atoms with Crippen molar-refractivity contribution in [3.63, 3.8) is 0 Å². The largest absolute Gasteiger partial charge is 0.573 e. The number of hydrogen-bond donors (Lipinski definition) is 2. The van der Waals surface area contributed by atoms with Crippen LogP contribution in [0, 0.1) is 6.92 Å². The van der Waals surface area contributed by atoms with Crippen molar-refractivity contribution in [3.8, 4) is 5.75 Å². The number of amides is 2. The number of ether oxygens (including phenoxy) is 1. The van der Waals surface area contributed by atoms with E-state index < -0.39 is 18.0 Å². The molecular formula is C19H20F3N3O3. The average Bonchev–Trinajstić information content (AvgIpc) is 2.60. The molecule has 0 aliphatic rings. The van der Waals surface area contributed by atoms with Crippen LogP contribution in [-0.4, -0.2) is 43.2 Å². The number of likely N-dealkylation sites (N-methyl/N-ethyl adjacent to an activating group) is 1. The number of hydrogen-bond acceptors (Lipinski definition) is 4. The van der Waals surface area contributed by atoms with Crippen LogP contribution in [0.5, 0.6) is 5.75 Å². The molecule has 0 heterocycles.